The van der Waals surface area contributed by atoms with Crippen LogP contribution in [-0.2, 0) is 4.79 Å². The fourth-order valence-electron chi connectivity index (χ4n) is 2.56. The normalized spacial score (nSPS) is 11.9. The first-order chi connectivity index (χ1) is 13.9. The zero-order valence-electron chi connectivity index (χ0n) is 16.4. The molecule has 1 amide bonds. The molecule has 3 rings (SSSR count). The van der Waals surface area contributed by atoms with E-state index in [2.05, 4.69) is 15.5 Å². The molecule has 9 heteroatoms. The van der Waals surface area contributed by atoms with E-state index in [1.807, 2.05) is 38.1 Å². The van der Waals surface area contributed by atoms with E-state index in [0.29, 0.717) is 23.3 Å². The molecule has 29 heavy (non-hydrogen) atoms. The molecule has 0 aliphatic rings. The number of likely N-dealkylation sites (N-methyl/N-ethyl adjacent to an activating group) is 1. The summed E-state index contributed by atoms with van der Waals surface area (Å²) in [7, 11) is 1.76. The molecule has 1 atom stereocenters. The molecule has 0 spiro atoms. The Bertz CT molecular complexity index is 946. The van der Waals surface area contributed by atoms with Crippen LogP contribution in [0.15, 0.2) is 53.7 Å². The lowest BCUT2D eigenvalue weighted by molar-refractivity contribution is -0.129. The highest BCUT2D eigenvalue weighted by molar-refractivity contribution is 8.00. The smallest absolute Gasteiger partial charge is 0.235 e. The Morgan fingerprint density at radius 3 is 2.59 bits per heavy atom. The molecule has 0 saturated carbocycles. The monoisotopic (exact) mass is 431 g/mol. The molecule has 0 fully saturated rings. The third-order valence-electron chi connectivity index (χ3n) is 4.23. The zero-order chi connectivity index (χ0) is 20.8. The van der Waals surface area contributed by atoms with Crippen molar-refractivity contribution in [3.63, 3.8) is 0 Å². The van der Waals surface area contributed by atoms with Crippen molar-refractivity contribution in [1.82, 2.24) is 25.1 Å². The standard InChI is InChI=1S/C20H22ClN5O2S/c1-14-4-8-17(9-5-14)26-20(22-23-24-26)29-15(2)19(27)25(3)12-13-28-18-10-6-16(21)7-11-18/h4-11,15H,12-13H2,1-3H3. The van der Waals surface area contributed by atoms with Gasteiger partial charge in [0.25, 0.3) is 0 Å². The zero-order valence-corrected chi connectivity index (χ0v) is 18.0. The van der Waals surface area contributed by atoms with Crippen LogP contribution in [0.5, 0.6) is 5.75 Å². The lowest BCUT2D eigenvalue weighted by atomic mass is 10.2. The Morgan fingerprint density at radius 2 is 1.90 bits per heavy atom. The van der Waals surface area contributed by atoms with Crippen molar-refractivity contribution in [2.75, 3.05) is 20.2 Å². The molecule has 0 radical (unpaired) electrons. The van der Waals surface area contributed by atoms with Gasteiger partial charge in [0.05, 0.1) is 17.5 Å². The second kappa shape index (κ2) is 9.76. The van der Waals surface area contributed by atoms with Crippen molar-refractivity contribution >= 4 is 29.3 Å². The maximum Gasteiger partial charge on any atom is 0.235 e. The number of carbonyl (C=O) groups excluding carboxylic acids is 1. The quantitative estimate of drug-likeness (QED) is 0.507. The number of amides is 1. The Morgan fingerprint density at radius 1 is 1.21 bits per heavy atom. The van der Waals surface area contributed by atoms with Crippen molar-refractivity contribution in [1.29, 1.82) is 0 Å². The van der Waals surface area contributed by atoms with Crippen LogP contribution in [0.1, 0.15) is 12.5 Å². The molecular formula is C20H22ClN5O2S. The van der Waals surface area contributed by atoms with Gasteiger partial charge in [0.2, 0.25) is 11.1 Å². The minimum atomic E-state index is -0.342. The Hall–Kier alpha value is -2.58. The Kier molecular flexibility index (Phi) is 7.11. The van der Waals surface area contributed by atoms with Crippen molar-refractivity contribution in [3.8, 4) is 11.4 Å². The van der Waals surface area contributed by atoms with Crippen LogP contribution in [0.2, 0.25) is 5.02 Å². The predicted octanol–water partition coefficient (Wildman–Crippen LogP) is 3.64. The van der Waals surface area contributed by atoms with Gasteiger partial charge in [-0.2, -0.15) is 4.68 Å². The summed E-state index contributed by atoms with van der Waals surface area (Å²) < 4.78 is 7.29. The van der Waals surface area contributed by atoms with Crippen LogP contribution >= 0.6 is 23.4 Å². The number of hydrogen-bond donors (Lipinski definition) is 0. The second-order valence-electron chi connectivity index (χ2n) is 6.53. The average molecular weight is 432 g/mol. The summed E-state index contributed by atoms with van der Waals surface area (Å²) in [5, 5.41) is 12.7. The molecule has 2 aromatic carbocycles. The maximum atomic E-state index is 12.7. The van der Waals surface area contributed by atoms with Crippen LogP contribution < -0.4 is 4.74 Å². The molecule has 1 aromatic heterocycles. The number of halogens is 1. The molecule has 1 heterocycles. The van der Waals surface area contributed by atoms with E-state index in [-0.39, 0.29) is 11.2 Å². The number of ether oxygens (including phenoxy) is 1. The van der Waals surface area contributed by atoms with E-state index in [9.17, 15) is 4.79 Å². The SMILES string of the molecule is Cc1ccc(-n2nnnc2SC(C)C(=O)N(C)CCOc2ccc(Cl)cc2)cc1. The van der Waals surface area contributed by atoms with E-state index < -0.39 is 0 Å². The van der Waals surface area contributed by atoms with Gasteiger partial charge in [0.15, 0.2) is 0 Å². The number of benzene rings is 2. The van der Waals surface area contributed by atoms with E-state index in [4.69, 9.17) is 16.3 Å². The fourth-order valence-corrected chi connectivity index (χ4v) is 3.61. The molecule has 0 aliphatic heterocycles. The first kappa shape index (κ1) is 21.1. The summed E-state index contributed by atoms with van der Waals surface area (Å²) in [5.74, 6) is 0.697. The molecule has 3 aromatic rings. The van der Waals surface area contributed by atoms with Crippen molar-refractivity contribution in [3.05, 3.63) is 59.1 Å². The summed E-state index contributed by atoms with van der Waals surface area (Å²) in [6.45, 7) is 4.72. The summed E-state index contributed by atoms with van der Waals surface area (Å²) in [5.41, 5.74) is 2.01. The summed E-state index contributed by atoms with van der Waals surface area (Å²) in [4.78, 5) is 14.3. The van der Waals surface area contributed by atoms with Gasteiger partial charge in [-0.15, -0.1) is 5.10 Å². The highest BCUT2D eigenvalue weighted by atomic mass is 35.5. The van der Waals surface area contributed by atoms with Crippen LogP contribution in [-0.4, -0.2) is 56.5 Å². The van der Waals surface area contributed by atoms with Gasteiger partial charge in [0, 0.05) is 12.1 Å². The number of aromatic nitrogens is 4. The minimum Gasteiger partial charge on any atom is -0.492 e. The summed E-state index contributed by atoms with van der Waals surface area (Å²) in [6.07, 6.45) is 0. The number of rotatable bonds is 8. The van der Waals surface area contributed by atoms with Crippen molar-refractivity contribution in [2.24, 2.45) is 0 Å². The molecule has 0 N–H and O–H groups in total. The van der Waals surface area contributed by atoms with E-state index in [1.165, 1.54) is 11.8 Å². The van der Waals surface area contributed by atoms with Crippen LogP contribution in [0.3, 0.4) is 0 Å². The number of aryl methyl sites for hydroxylation is 1. The van der Waals surface area contributed by atoms with E-state index >= 15 is 0 Å². The van der Waals surface area contributed by atoms with E-state index in [0.717, 1.165) is 17.0 Å². The molecule has 0 bridgehead atoms. The third-order valence-corrected chi connectivity index (χ3v) is 5.51. The highest BCUT2D eigenvalue weighted by Crippen LogP contribution is 2.24. The number of nitrogens with zero attached hydrogens (tertiary/aromatic N) is 5. The topological polar surface area (TPSA) is 73.1 Å². The fraction of sp³-hybridized carbons (Fsp3) is 0.300. The van der Waals surface area contributed by atoms with Crippen molar-refractivity contribution < 1.29 is 9.53 Å². The Balaban J connectivity index is 1.54. The summed E-state index contributed by atoms with van der Waals surface area (Å²) >= 11 is 7.19. The lowest BCUT2D eigenvalue weighted by Gasteiger charge is -2.21. The van der Waals surface area contributed by atoms with E-state index in [1.54, 1.807) is 40.9 Å². The number of tetrazole rings is 1. The van der Waals surface area contributed by atoms with Gasteiger partial charge in [-0.3, -0.25) is 4.79 Å². The first-order valence-electron chi connectivity index (χ1n) is 9.09. The molecule has 1 unspecified atom stereocenters. The first-order valence-corrected chi connectivity index (χ1v) is 10.3. The lowest BCUT2D eigenvalue weighted by Crippen LogP contribution is -2.36. The predicted molar refractivity (Wildman–Crippen MR) is 114 cm³/mol. The molecule has 152 valence electrons. The highest BCUT2D eigenvalue weighted by Gasteiger charge is 2.22. The number of carbonyl (C=O) groups is 1. The molecule has 7 nitrogen and oxygen atoms in total. The van der Waals surface area contributed by atoms with Crippen LogP contribution in [0, 0.1) is 6.92 Å². The van der Waals surface area contributed by atoms with Crippen molar-refractivity contribution in [2.45, 2.75) is 24.3 Å². The van der Waals surface area contributed by atoms with Gasteiger partial charge in [-0.05, 0) is 60.7 Å². The van der Waals surface area contributed by atoms with Gasteiger partial charge >= 0.3 is 0 Å². The number of thioether (sulfide) groups is 1. The average Bonchev–Trinajstić information content (AvgIpc) is 3.17. The molecule has 0 aliphatic carbocycles. The third kappa shape index (κ3) is 5.71. The molecule has 0 saturated heterocycles. The van der Waals surface area contributed by atoms with Crippen LogP contribution in [0.4, 0.5) is 0 Å². The number of hydrogen-bond acceptors (Lipinski definition) is 6. The van der Waals surface area contributed by atoms with Gasteiger partial charge in [0.1, 0.15) is 12.4 Å². The largest absolute Gasteiger partial charge is 0.492 e. The van der Waals surface area contributed by atoms with Gasteiger partial charge in [-0.25, -0.2) is 0 Å². The van der Waals surface area contributed by atoms with Gasteiger partial charge < -0.3 is 9.64 Å². The Labute approximate surface area is 179 Å². The second-order valence-corrected chi connectivity index (χ2v) is 8.28. The van der Waals surface area contributed by atoms with Gasteiger partial charge in [-0.1, -0.05) is 41.1 Å². The minimum absolute atomic E-state index is 0.0202. The molecular weight excluding hydrogens is 410 g/mol. The summed E-state index contributed by atoms with van der Waals surface area (Å²) in [6, 6.07) is 15.0. The maximum absolute atomic E-state index is 12.7. The van der Waals surface area contributed by atoms with Crippen LogP contribution in [0.25, 0.3) is 5.69 Å².